The molecule has 1 aliphatic rings. The van der Waals surface area contributed by atoms with Crippen molar-refractivity contribution >= 4 is 21.8 Å². The monoisotopic (exact) mass is 428 g/mol. The lowest BCUT2D eigenvalue weighted by Gasteiger charge is -2.36. The molecule has 0 saturated carbocycles. The Morgan fingerprint density at radius 1 is 1.22 bits per heavy atom. The van der Waals surface area contributed by atoms with Gasteiger partial charge in [0.15, 0.2) is 0 Å². The highest BCUT2D eigenvalue weighted by molar-refractivity contribution is 9.10. The Kier molecular flexibility index (Phi) is 6.72. The molecular weight excluding hydrogens is 400 g/mol. The largest absolute Gasteiger partial charge is 0.366 e. The van der Waals surface area contributed by atoms with E-state index in [0.717, 1.165) is 31.8 Å². The van der Waals surface area contributed by atoms with Gasteiger partial charge in [0.1, 0.15) is 0 Å². The number of primary amides is 1. The van der Waals surface area contributed by atoms with Crippen LogP contribution >= 0.6 is 15.9 Å². The number of aryl methyl sites for hydroxylation is 1. The summed E-state index contributed by atoms with van der Waals surface area (Å²) in [5.74, 6) is 0.400. The number of hydrogen-bond acceptors (Lipinski definition) is 2. The van der Waals surface area contributed by atoms with Crippen LogP contribution in [0.3, 0.4) is 0 Å². The van der Waals surface area contributed by atoms with Gasteiger partial charge in [0, 0.05) is 16.1 Å². The molecule has 2 aromatic rings. The zero-order valence-corrected chi connectivity index (χ0v) is 17.8. The van der Waals surface area contributed by atoms with Gasteiger partial charge in [-0.25, -0.2) is 0 Å². The Hall–Kier alpha value is -1.65. The van der Waals surface area contributed by atoms with Gasteiger partial charge in [0.05, 0.1) is 0 Å². The molecule has 144 valence electrons. The minimum Gasteiger partial charge on any atom is -0.366 e. The van der Waals surface area contributed by atoms with Gasteiger partial charge in [-0.05, 0) is 87.9 Å². The van der Waals surface area contributed by atoms with E-state index in [0.29, 0.717) is 11.6 Å². The summed E-state index contributed by atoms with van der Waals surface area (Å²) in [7, 11) is 0. The smallest absolute Gasteiger partial charge is 0.248 e. The molecule has 2 aromatic carbocycles. The molecule has 4 heteroatoms. The van der Waals surface area contributed by atoms with E-state index < -0.39 is 0 Å². The van der Waals surface area contributed by atoms with Crippen molar-refractivity contribution in [3.8, 4) is 0 Å². The molecule has 3 nitrogen and oxygen atoms in total. The fourth-order valence-electron chi connectivity index (χ4n) is 4.09. The van der Waals surface area contributed by atoms with Crippen molar-refractivity contribution < 1.29 is 4.79 Å². The quantitative estimate of drug-likeness (QED) is 0.721. The molecule has 1 unspecified atom stereocenters. The zero-order valence-electron chi connectivity index (χ0n) is 16.2. The topological polar surface area (TPSA) is 46.3 Å². The van der Waals surface area contributed by atoms with E-state index in [4.69, 9.17) is 5.73 Å². The molecule has 1 atom stereocenters. The van der Waals surface area contributed by atoms with Crippen molar-refractivity contribution in [2.24, 2.45) is 11.7 Å². The van der Waals surface area contributed by atoms with Crippen LogP contribution in [0, 0.1) is 12.8 Å². The minimum absolute atomic E-state index is 0.354. The van der Waals surface area contributed by atoms with E-state index in [1.54, 1.807) is 6.07 Å². The number of carbonyl (C=O) groups excluding carboxylic acids is 1. The molecule has 0 spiro atoms. The van der Waals surface area contributed by atoms with E-state index in [2.05, 4.69) is 58.9 Å². The van der Waals surface area contributed by atoms with E-state index >= 15 is 0 Å². The molecule has 3 rings (SSSR count). The fourth-order valence-corrected chi connectivity index (χ4v) is 4.50. The summed E-state index contributed by atoms with van der Waals surface area (Å²) < 4.78 is 1.23. The number of nitrogens with zero attached hydrogens (tertiary/aromatic N) is 1. The van der Waals surface area contributed by atoms with Crippen LogP contribution in [0.1, 0.15) is 46.8 Å². The Labute approximate surface area is 171 Å². The van der Waals surface area contributed by atoms with Crippen LogP contribution in [-0.4, -0.2) is 29.9 Å². The molecule has 27 heavy (non-hydrogen) atoms. The molecule has 2 N–H and O–H groups in total. The van der Waals surface area contributed by atoms with Crippen molar-refractivity contribution in [2.75, 3.05) is 13.1 Å². The highest BCUT2D eigenvalue weighted by atomic mass is 79.9. The van der Waals surface area contributed by atoms with Crippen LogP contribution in [-0.2, 0) is 12.8 Å². The maximum atomic E-state index is 11.4. The maximum Gasteiger partial charge on any atom is 0.248 e. The van der Waals surface area contributed by atoms with E-state index in [1.165, 1.54) is 34.0 Å². The first kappa shape index (κ1) is 20.1. The summed E-state index contributed by atoms with van der Waals surface area (Å²) in [5, 5.41) is 0. The lowest BCUT2D eigenvalue weighted by Crippen LogP contribution is -2.41. The standard InChI is InChI=1S/C23H29BrN2O/c1-16-6-7-22(24)21(12-16)14-18-8-10-26(11-9-18)17(2)13-19-4-3-5-20(15-19)23(25)27/h3-7,12,15,17-18H,8-11,13-14H2,1-2H3,(H2,25,27). The van der Waals surface area contributed by atoms with Crippen molar-refractivity contribution in [1.29, 1.82) is 0 Å². The Balaban J connectivity index is 1.53. The van der Waals surface area contributed by atoms with Crippen LogP contribution < -0.4 is 5.73 Å². The van der Waals surface area contributed by atoms with Crippen LogP contribution in [0.5, 0.6) is 0 Å². The summed E-state index contributed by atoms with van der Waals surface area (Å²) in [6.07, 6.45) is 4.60. The third-order valence-corrected chi connectivity index (χ3v) is 6.50. The van der Waals surface area contributed by atoms with Gasteiger partial charge in [-0.15, -0.1) is 0 Å². The molecule has 1 amide bonds. The number of amides is 1. The molecule has 1 heterocycles. The molecule has 0 radical (unpaired) electrons. The number of likely N-dealkylation sites (tertiary alicyclic amines) is 1. The van der Waals surface area contributed by atoms with Crippen molar-refractivity contribution in [1.82, 2.24) is 4.90 Å². The van der Waals surface area contributed by atoms with Crippen LogP contribution in [0.15, 0.2) is 46.9 Å². The maximum absolute atomic E-state index is 11.4. The van der Waals surface area contributed by atoms with Gasteiger partial charge >= 0.3 is 0 Å². The number of piperidine rings is 1. The van der Waals surface area contributed by atoms with Gasteiger partial charge in [0.2, 0.25) is 5.91 Å². The van der Waals surface area contributed by atoms with E-state index in [9.17, 15) is 4.79 Å². The summed E-state index contributed by atoms with van der Waals surface area (Å²) in [5.41, 5.74) is 9.95. The first-order chi connectivity index (χ1) is 12.9. The zero-order chi connectivity index (χ0) is 19.4. The number of benzene rings is 2. The third-order valence-electron chi connectivity index (χ3n) is 5.72. The number of hydrogen-bond donors (Lipinski definition) is 1. The first-order valence-corrected chi connectivity index (χ1v) is 10.6. The molecule has 1 saturated heterocycles. The Bertz CT molecular complexity index is 797. The van der Waals surface area contributed by atoms with Gasteiger partial charge < -0.3 is 10.6 Å². The third kappa shape index (κ3) is 5.43. The average molecular weight is 429 g/mol. The molecule has 0 aromatic heterocycles. The second kappa shape index (κ2) is 9.03. The molecule has 1 fully saturated rings. The first-order valence-electron chi connectivity index (χ1n) is 9.80. The number of carbonyl (C=O) groups is 1. The minimum atomic E-state index is -0.354. The van der Waals surface area contributed by atoms with Crippen molar-refractivity contribution in [2.45, 2.75) is 45.6 Å². The lowest BCUT2D eigenvalue weighted by molar-refractivity contribution is 0.1000. The Morgan fingerprint density at radius 2 is 1.96 bits per heavy atom. The van der Waals surface area contributed by atoms with Gasteiger partial charge in [-0.2, -0.15) is 0 Å². The van der Waals surface area contributed by atoms with E-state index in [1.807, 2.05) is 12.1 Å². The highest BCUT2D eigenvalue weighted by Gasteiger charge is 2.23. The SMILES string of the molecule is Cc1ccc(Br)c(CC2CCN(C(C)Cc3cccc(C(N)=O)c3)CC2)c1. The second-order valence-corrected chi connectivity index (χ2v) is 8.75. The van der Waals surface area contributed by atoms with Gasteiger partial charge in [0.25, 0.3) is 0 Å². The van der Waals surface area contributed by atoms with Crippen LogP contribution in [0.4, 0.5) is 0 Å². The second-order valence-electron chi connectivity index (χ2n) is 7.90. The van der Waals surface area contributed by atoms with E-state index in [-0.39, 0.29) is 5.91 Å². The Morgan fingerprint density at radius 3 is 2.67 bits per heavy atom. The normalized spacial score (nSPS) is 17.0. The predicted molar refractivity (Wildman–Crippen MR) is 115 cm³/mol. The molecule has 0 aliphatic carbocycles. The summed E-state index contributed by atoms with van der Waals surface area (Å²) in [4.78, 5) is 14.0. The van der Waals surface area contributed by atoms with Crippen molar-refractivity contribution in [3.05, 3.63) is 69.2 Å². The summed E-state index contributed by atoms with van der Waals surface area (Å²) in [6.45, 7) is 6.73. The van der Waals surface area contributed by atoms with Crippen LogP contribution in [0.2, 0.25) is 0 Å². The predicted octanol–water partition coefficient (Wildman–Crippen LogP) is 4.74. The van der Waals surface area contributed by atoms with Crippen LogP contribution in [0.25, 0.3) is 0 Å². The average Bonchev–Trinajstić information content (AvgIpc) is 2.65. The molecule has 1 aliphatic heterocycles. The van der Waals surface area contributed by atoms with Gasteiger partial charge in [-0.1, -0.05) is 45.8 Å². The molecule has 0 bridgehead atoms. The van der Waals surface area contributed by atoms with Gasteiger partial charge in [-0.3, -0.25) is 4.79 Å². The summed E-state index contributed by atoms with van der Waals surface area (Å²) >= 11 is 3.70. The highest BCUT2D eigenvalue weighted by Crippen LogP contribution is 2.27. The number of rotatable bonds is 6. The van der Waals surface area contributed by atoms with Crippen molar-refractivity contribution in [3.63, 3.8) is 0 Å². The summed E-state index contributed by atoms with van der Waals surface area (Å²) in [6, 6.07) is 14.8. The molecular formula is C23H29BrN2O. The lowest BCUT2D eigenvalue weighted by atomic mass is 9.89. The number of halogens is 1. The fraction of sp³-hybridized carbons (Fsp3) is 0.435. The number of nitrogens with two attached hydrogens (primary N) is 1.